The van der Waals surface area contributed by atoms with Crippen LogP contribution in [0.3, 0.4) is 0 Å². The van der Waals surface area contributed by atoms with Gasteiger partial charge in [-0.2, -0.15) is 0 Å². The van der Waals surface area contributed by atoms with Crippen LogP contribution in [0.5, 0.6) is 5.75 Å². The number of ether oxygens (including phenoxy) is 2. The van der Waals surface area contributed by atoms with E-state index in [1.165, 1.54) is 0 Å². The van der Waals surface area contributed by atoms with E-state index in [0.717, 1.165) is 10.8 Å². The minimum atomic E-state index is -1.04. The standard InChI is InChI=1S/C18H21NO5/c1-12(2)23-10-9-17(20)19-15-7-8-16(24-11-18(21)22)14-6-4-3-5-13(14)15/h3-8,12H,9-11H2,1-2H3,(H,19,20)(H,21,22). The monoisotopic (exact) mass is 331 g/mol. The number of carboxylic acid groups (broad SMARTS) is 1. The van der Waals surface area contributed by atoms with Gasteiger partial charge >= 0.3 is 5.97 Å². The topological polar surface area (TPSA) is 84.9 Å². The van der Waals surface area contributed by atoms with Gasteiger partial charge in [-0.15, -0.1) is 0 Å². The summed E-state index contributed by atoms with van der Waals surface area (Å²) in [6.07, 6.45) is 0.355. The largest absolute Gasteiger partial charge is 0.481 e. The number of carbonyl (C=O) groups is 2. The highest BCUT2D eigenvalue weighted by atomic mass is 16.5. The Balaban J connectivity index is 2.15. The van der Waals surface area contributed by atoms with Gasteiger partial charge in [-0.25, -0.2) is 4.79 Å². The van der Waals surface area contributed by atoms with Crippen LogP contribution in [-0.2, 0) is 14.3 Å². The second kappa shape index (κ2) is 8.31. The number of hydrogen-bond donors (Lipinski definition) is 2. The molecule has 0 heterocycles. The third-order valence-corrected chi connectivity index (χ3v) is 3.29. The molecule has 0 saturated heterocycles. The van der Waals surface area contributed by atoms with Crippen molar-refractivity contribution in [3.05, 3.63) is 36.4 Å². The van der Waals surface area contributed by atoms with E-state index in [4.69, 9.17) is 14.6 Å². The number of anilines is 1. The van der Waals surface area contributed by atoms with Gasteiger partial charge in [-0.05, 0) is 26.0 Å². The van der Waals surface area contributed by atoms with Crippen molar-refractivity contribution < 1.29 is 24.2 Å². The lowest BCUT2D eigenvalue weighted by molar-refractivity contribution is -0.139. The number of amides is 1. The van der Waals surface area contributed by atoms with Crippen LogP contribution in [0.1, 0.15) is 20.3 Å². The van der Waals surface area contributed by atoms with Crippen molar-refractivity contribution in [3.8, 4) is 5.75 Å². The number of rotatable bonds is 8. The predicted octanol–water partition coefficient (Wildman–Crippen LogP) is 3.06. The Morgan fingerprint density at radius 3 is 2.50 bits per heavy atom. The van der Waals surface area contributed by atoms with E-state index in [1.54, 1.807) is 12.1 Å². The molecule has 0 aliphatic carbocycles. The molecule has 0 unspecified atom stereocenters. The summed E-state index contributed by atoms with van der Waals surface area (Å²) in [5.41, 5.74) is 0.655. The zero-order valence-electron chi connectivity index (χ0n) is 13.7. The Labute approximate surface area is 140 Å². The summed E-state index contributed by atoms with van der Waals surface area (Å²) in [7, 11) is 0. The summed E-state index contributed by atoms with van der Waals surface area (Å²) in [6, 6.07) is 10.7. The first-order valence-corrected chi connectivity index (χ1v) is 7.75. The number of benzene rings is 2. The van der Waals surface area contributed by atoms with E-state index < -0.39 is 12.6 Å². The number of carboxylic acids is 1. The van der Waals surface area contributed by atoms with E-state index >= 15 is 0 Å². The number of nitrogens with one attached hydrogen (secondary N) is 1. The van der Waals surface area contributed by atoms with Gasteiger partial charge in [0.1, 0.15) is 5.75 Å². The SMILES string of the molecule is CC(C)OCCC(=O)Nc1ccc(OCC(=O)O)c2ccccc12. The van der Waals surface area contributed by atoms with Crippen LogP contribution >= 0.6 is 0 Å². The van der Waals surface area contributed by atoms with Crippen LogP contribution in [-0.4, -0.2) is 36.3 Å². The Kier molecular flexibility index (Phi) is 6.14. The predicted molar refractivity (Wildman–Crippen MR) is 91.4 cm³/mol. The molecule has 0 aromatic heterocycles. The number of fused-ring (bicyclic) bond motifs is 1. The normalized spacial score (nSPS) is 10.8. The van der Waals surface area contributed by atoms with Crippen molar-refractivity contribution in [2.75, 3.05) is 18.5 Å². The summed E-state index contributed by atoms with van der Waals surface area (Å²) >= 11 is 0. The fraction of sp³-hybridized carbons (Fsp3) is 0.333. The minimum Gasteiger partial charge on any atom is -0.481 e. The lowest BCUT2D eigenvalue weighted by Crippen LogP contribution is -2.16. The molecule has 0 aliphatic heterocycles. The second-order valence-corrected chi connectivity index (χ2v) is 5.56. The maximum absolute atomic E-state index is 12.0. The van der Waals surface area contributed by atoms with Gasteiger partial charge in [-0.3, -0.25) is 4.79 Å². The zero-order chi connectivity index (χ0) is 17.5. The smallest absolute Gasteiger partial charge is 0.341 e. The van der Waals surface area contributed by atoms with Crippen molar-refractivity contribution in [3.63, 3.8) is 0 Å². The minimum absolute atomic E-state index is 0.0873. The highest BCUT2D eigenvalue weighted by molar-refractivity contribution is 6.04. The van der Waals surface area contributed by atoms with Crippen molar-refractivity contribution >= 4 is 28.3 Å². The van der Waals surface area contributed by atoms with E-state index in [9.17, 15) is 9.59 Å². The van der Waals surface area contributed by atoms with Crippen molar-refractivity contribution in [1.29, 1.82) is 0 Å². The van der Waals surface area contributed by atoms with Crippen molar-refractivity contribution in [2.24, 2.45) is 0 Å². The van der Waals surface area contributed by atoms with Gasteiger partial charge in [0.25, 0.3) is 0 Å². The Bertz CT molecular complexity index is 726. The molecule has 2 N–H and O–H groups in total. The lowest BCUT2D eigenvalue weighted by atomic mass is 10.1. The zero-order valence-corrected chi connectivity index (χ0v) is 13.7. The fourth-order valence-electron chi connectivity index (χ4n) is 2.25. The molecule has 0 fully saturated rings. The number of hydrogen-bond acceptors (Lipinski definition) is 4. The van der Waals surface area contributed by atoms with E-state index in [-0.39, 0.29) is 18.4 Å². The van der Waals surface area contributed by atoms with Crippen LogP contribution < -0.4 is 10.1 Å². The summed E-state index contributed by atoms with van der Waals surface area (Å²) in [4.78, 5) is 22.7. The molecule has 0 radical (unpaired) electrons. The molecule has 6 heteroatoms. The molecular formula is C18H21NO5. The molecule has 2 aromatic carbocycles. The van der Waals surface area contributed by atoms with E-state index in [1.807, 2.05) is 38.1 Å². The van der Waals surface area contributed by atoms with Gasteiger partial charge in [0.05, 0.1) is 19.1 Å². The Morgan fingerprint density at radius 2 is 1.83 bits per heavy atom. The third kappa shape index (κ3) is 4.96. The first-order valence-electron chi connectivity index (χ1n) is 7.75. The molecule has 128 valence electrons. The molecule has 2 rings (SSSR count). The molecule has 1 amide bonds. The molecule has 0 atom stereocenters. The molecule has 2 aromatic rings. The van der Waals surface area contributed by atoms with Crippen LogP contribution in [0.25, 0.3) is 10.8 Å². The molecule has 0 spiro atoms. The molecule has 6 nitrogen and oxygen atoms in total. The quantitative estimate of drug-likeness (QED) is 0.776. The molecular weight excluding hydrogens is 310 g/mol. The maximum Gasteiger partial charge on any atom is 0.341 e. The van der Waals surface area contributed by atoms with Gasteiger partial charge in [0.2, 0.25) is 5.91 Å². The summed E-state index contributed by atoms with van der Waals surface area (Å²) in [5.74, 6) is -0.712. The average Bonchev–Trinajstić information content (AvgIpc) is 2.53. The van der Waals surface area contributed by atoms with Gasteiger partial charge < -0.3 is 19.9 Å². The number of aliphatic carboxylic acids is 1. The molecule has 0 saturated carbocycles. The van der Waals surface area contributed by atoms with Crippen LogP contribution in [0.4, 0.5) is 5.69 Å². The average molecular weight is 331 g/mol. The van der Waals surface area contributed by atoms with Crippen LogP contribution in [0.2, 0.25) is 0 Å². The summed E-state index contributed by atoms with van der Waals surface area (Å²) in [5, 5.41) is 13.1. The Morgan fingerprint density at radius 1 is 1.12 bits per heavy atom. The van der Waals surface area contributed by atoms with Crippen LogP contribution in [0, 0.1) is 0 Å². The van der Waals surface area contributed by atoms with Crippen molar-refractivity contribution in [1.82, 2.24) is 0 Å². The van der Waals surface area contributed by atoms with E-state index in [2.05, 4.69) is 5.32 Å². The summed E-state index contributed by atoms with van der Waals surface area (Å²) in [6.45, 7) is 3.78. The second-order valence-electron chi connectivity index (χ2n) is 5.56. The Hall–Kier alpha value is -2.60. The highest BCUT2D eigenvalue weighted by Crippen LogP contribution is 2.31. The van der Waals surface area contributed by atoms with Crippen LogP contribution in [0.15, 0.2) is 36.4 Å². The maximum atomic E-state index is 12.0. The highest BCUT2D eigenvalue weighted by Gasteiger charge is 2.10. The number of carbonyl (C=O) groups excluding carboxylic acids is 1. The van der Waals surface area contributed by atoms with Gasteiger partial charge in [0.15, 0.2) is 6.61 Å². The molecule has 0 aliphatic rings. The first kappa shape index (κ1) is 17.7. The van der Waals surface area contributed by atoms with Crippen molar-refractivity contribution in [2.45, 2.75) is 26.4 Å². The molecule has 0 bridgehead atoms. The molecule has 24 heavy (non-hydrogen) atoms. The lowest BCUT2D eigenvalue weighted by Gasteiger charge is -2.13. The summed E-state index contributed by atoms with van der Waals surface area (Å²) < 4.78 is 10.7. The first-order chi connectivity index (χ1) is 11.5. The van der Waals surface area contributed by atoms with Gasteiger partial charge in [-0.1, -0.05) is 24.3 Å². The third-order valence-electron chi connectivity index (χ3n) is 3.29. The van der Waals surface area contributed by atoms with Gasteiger partial charge in [0, 0.05) is 16.5 Å². The fourth-order valence-corrected chi connectivity index (χ4v) is 2.25. The van der Waals surface area contributed by atoms with E-state index in [0.29, 0.717) is 18.0 Å².